The third-order valence-corrected chi connectivity index (χ3v) is 6.12. The average Bonchev–Trinajstić information content (AvgIpc) is 2.64. The van der Waals surface area contributed by atoms with Gasteiger partial charge in [-0.3, -0.25) is 9.69 Å². The molecule has 1 heterocycles. The zero-order valence-corrected chi connectivity index (χ0v) is 15.3. The maximum atomic E-state index is 12.4. The summed E-state index contributed by atoms with van der Waals surface area (Å²) in [5, 5.41) is 0. The summed E-state index contributed by atoms with van der Waals surface area (Å²) in [6.07, 6.45) is 1.50. The number of hydrogen-bond donors (Lipinski definition) is 2. The first-order valence-corrected chi connectivity index (χ1v) is 10.1. The molecule has 0 spiro atoms. The number of benzene rings is 2. The van der Waals surface area contributed by atoms with Crippen molar-refractivity contribution in [2.75, 3.05) is 13.1 Å². The second-order valence-electron chi connectivity index (χ2n) is 6.55. The van der Waals surface area contributed by atoms with Gasteiger partial charge >= 0.3 is 0 Å². The lowest BCUT2D eigenvalue weighted by Gasteiger charge is -2.32. The van der Waals surface area contributed by atoms with Gasteiger partial charge in [0.2, 0.25) is 15.9 Å². The molecule has 6 nitrogen and oxygen atoms in total. The quantitative estimate of drug-likeness (QED) is 0.806. The van der Waals surface area contributed by atoms with E-state index in [0.29, 0.717) is 10.5 Å². The van der Waals surface area contributed by atoms with Gasteiger partial charge < -0.3 is 5.73 Å². The van der Waals surface area contributed by atoms with Gasteiger partial charge in [0.1, 0.15) is 0 Å². The van der Waals surface area contributed by atoms with Gasteiger partial charge in [-0.1, -0.05) is 30.3 Å². The smallest absolute Gasteiger partial charge is 0.248 e. The van der Waals surface area contributed by atoms with E-state index < -0.39 is 15.9 Å². The first kappa shape index (κ1) is 18.6. The molecule has 138 valence electrons. The van der Waals surface area contributed by atoms with Gasteiger partial charge in [-0.2, -0.15) is 0 Å². The van der Waals surface area contributed by atoms with Gasteiger partial charge in [0.25, 0.3) is 0 Å². The number of rotatable bonds is 6. The second kappa shape index (κ2) is 7.99. The summed E-state index contributed by atoms with van der Waals surface area (Å²) >= 11 is 0. The van der Waals surface area contributed by atoms with Crippen LogP contribution in [0.1, 0.15) is 28.8 Å². The summed E-state index contributed by atoms with van der Waals surface area (Å²) in [5.74, 6) is -0.430. The van der Waals surface area contributed by atoms with E-state index in [0.717, 1.165) is 38.0 Å². The molecule has 2 aromatic carbocycles. The molecule has 3 N–H and O–H groups in total. The van der Waals surface area contributed by atoms with E-state index >= 15 is 0 Å². The monoisotopic (exact) mass is 373 g/mol. The van der Waals surface area contributed by atoms with Crippen LogP contribution < -0.4 is 10.5 Å². The minimum absolute atomic E-state index is 0.0617. The first-order valence-electron chi connectivity index (χ1n) is 8.62. The molecule has 26 heavy (non-hydrogen) atoms. The van der Waals surface area contributed by atoms with E-state index in [4.69, 9.17) is 5.73 Å². The molecule has 0 saturated carbocycles. The van der Waals surface area contributed by atoms with Gasteiger partial charge in [0.15, 0.2) is 0 Å². The minimum Gasteiger partial charge on any atom is -0.366 e. The minimum atomic E-state index is -3.47. The maximum absolute atomic E-state index is 12.4. The maximum Gasteiger partial charge on any atom is 0.248 e. The largest absolute Gasteiger partial charge is 0.366 e. The zero-order valence-electron chi connectivity index (χ0n) is 14.5. The number of hydrogen-bond acceptors (Lipinski definition) is 4. The Bertz CT molecular complexity index is 861. The lowest BCUT2D eigenvalue weighted by molar-refractivity contribution is 0.1000. The predicted molar refractivity (Wildman–Crippen MR) is 100 cm³/mol. The van der Waals surface area contributed by atoms with Gasteiger partial charge in [0, 0.05) is 31.2 Å². The zero-order chi connectivity index (χ0) is 18.6. The normalized spacial score (nSPS) is 16.5. The Labute approximate surface area is 154 Å². The van der Waals surface area contributed by atoms with Crippen molar-refractivity contribution in [1.29, 1.82) is 0 Å². The number of nitrogens with one attached hydrogen (secondary N) is 1. The van der Waals surface area contributed by atoms with Gasteiger partial charge in [-0.25, -0.2) is 13.1 Å². The molecule has 1 amide bonds. The third kappa shape index (κ3) is 4.69. The Balaban J connectivity index is 1.55. The van der Waals surface area contributed by atoms with Gasteiger partial charge in [-0.15, -0.1) is 0 Å². The number of likely N-dealkylation sites (tertiary alicyclic amines) is 1. The topological polar surface area (TPSA) is 92.5 Å². The summed E-state index contributed by atoms with van der Waals surface area (Å²) in [7, 11) is -3.47. The van der Waals surface area contributed by atoms with E-state index in [1.807, 2.05) is 18.2 Å². The Morgan fingerprint density at radius 2 is 1.77 bits per heavy atom. The van der Waals surface area contributed by atoms with Crippen LogP contribution in [0.5, 0.6) is 0 Å². The van der Waals surface area contributed by atoms with Crippen molar-refractivity contribution in [1.82, 2.24) is 9.62 Å². The molecule has 0 aliphatic carbocycles. The van der Waals surface area contributed by atoms with E-state index in [-0.39, 0.29) is 6.04 Å². The van der Waals surface area contributed by atoms with Crippen LogP contribution in [-0.2, 0) is 16.6 Å². The summed E-state index contributed by atoms with van der Waals surface area (Å²) in [4.78, 5) is 13.8. The summed E-state index contributed by atoms with van der Waals surface area (Å²) < 4.78 is 27.6. The van der Waals surface area contributed by atoms with Crippen LogP contribution in [0.15, 0.2) is 59.5 Å². The number of carbonyl (C=O) groups excluding carboxylic acids is 1. The molecule has 2 aromatic rings. The molecule has 3 rings (SSSR count). The fraction of sp³-hybridized carbons (Fsp3) is 0.316. The van der Waals surface area contributed by atoms with Crippen molar-refractivity contribution < 1.29 is 13.2 Å². The third-order valence-electron chi connectivity index (χ3n) is 4.58. The number of primary amides is 1. The first-order chi connectivity index (χ1) is 12.4. The van der Waals surface area contributed by atoms with Crippen molar-refractivity contribution in [2.24, 2.45) is 5.73 Å². The number of nitrogens with zero attached hydrogens (tertiary/aromatic N) is 1. The molecule has 0 unspecified atom stereocenters. The fourth-order valence-electron chi connectivity index (χ4n) is 3.18. The van der Waals surface area contributed by atoms with Crippen LogP contribution in [0.2, 0.25) is 0 Å². The van der Waals surface area contributed by atoms with Crippen molar-refractivity contribution in [2.45, 2.75) is 30.3 Å². The highest BCUT2D eigenvalue weighted by Crippen LogP contribution is 2.17. The van der Waals surface area contributed by atoms with E-state index in [2.05, 4.69) is 9.62 Å². The molecule has 0 atom stereocenters. The van der Waals surface area contributed by atoms with Crippen LogP contribution in [-0.4, -0.2) is 38.4 Å². The standard InChI is InChI=1S/C19H23N3O3S/c20-19(23)16-6-4-5-15(13-16)14-22-11-9-17(10-12-22)21-26(24,25)18-7-2-1-3-8-18/h1-8,13,17,21H,9-12,14H2,(H2,20,23). The van der Waals surface area contributed by atoms with Crippen molar-refractivity contribution in [3.05, 3.63) is 65.7 Å². The van der Waals surface area contributed by atoms with Gasteiger partial charge in [0.05, 0.1) is 4.90 Å². The highest BCUT2D eigenvalue weighted by molar-refractivity contribution is 7.89. The Kier molecular flexibility index (Phi) is 5.70. The molecule has 1 saturated heterocycles. The number of nitrogens with two attached hydrogens (primary N) is 1. The lowest BCUT2D eigenvalue weighted by atomic mass is 10.0. The summed E-state index contributed by atoms with van der Waals surface area (Å²) in [5.41, 5.74) is 6.86. The van der Waals surface area contributed by atoms with Crippen LogP contribution in [0.25, 0.3) is 0 Å². The summed E-state index contributed by atoms with van der Waals surface area (Å²) in [6, 6.07) is 15.7. The number of carbonyl (C=O) groups is 1. The predicted octanol–water partition coefficient (Wildman–Crippen LogP) is 1.73. The Hall–Kier alpha value is -2.22. The molecular weight excluding hydrogens is 350 g/mol. The van der Waals surface area contributed by atoms with Crippen LogP contribution in [0, 0.1) is 0 Å². The number of sulfonamides is 1. The van der Waals surface area contributed by atoms with E-state index in [9.17, 15) is 13.2 Å². The Morgan fingerprint density at radius 1 is 1.08 bits per heavy atom. The van der Waals surface area contributed by atoms with E-state index in [1.54, 1.807) is 36.4 Å². The average molecular weight is 373 g/mol. The van der Waals surface area contributed by atoms with Crippen LogP contribution >= 0.6 is 0 Å². The van der Waals surface area contributed by atoms with Crippen molar-refractivity contribution in [3.8, 4) is 0 Å². The molecule has 0 radical (unpaired) electrons. The van der Waals surface area contributed by atoms with Crippen molar-refractivity contribution >= 4 is 15.9 Å². The molecule has 1 aliphatic rings. The SMILES string of the molecule is NC(=O)c1cccc(CN2CCC(NS(=O)(=O)c3ccccc3)CC2)c1. The second-order valence-corrected chi connectivity index (χ2v) is 8.26. The molecule has 7 heteroatoms. The number of amides is 1. The molecule has 0 bridgehead atoms. The van der Waals surface area contributed by atoms with Gasteiger partial charge in [-0.05, 0) is 42.7 Å². The van der Waals surface area contributed by atoms with E-state index in [1.165, 1.54) is 0 Å². The molecule has 0 aromatic heterocycles. The fourth-order valence-corrected chi connectivity index (χ4v) is 4.50. The molecule has 1 aliphatic heterocycles. The highest BCUT2D eigenvalue weighted by Gasteiger charge is 2.24. The number of piperidine rings is 1. The summed E-state index contributed by atoms with van der Waals surface area (Å²) in [6.45, 7) is 2.31. The lowest BCUT2D eigenvalue weighted by Crippen LogP contribution is -2.44. The molecular formula is C19H23N3O3S. The Morgan fingerprint density at radius 3 is 2.42 bits per heavy atom. The van der Waals surface area contributed by atoms with Crippen LogP contribution in [0.4, 0.5) is 0 Å². The molecule has 1 fully saturated rings. The highest BCUT2D eigenvalue weighted by atomic mass is 32.2. The van der Waals surface area contributed by atoms with Crippen LogP contribution in [0.3, 0.4) is 0 Å². The van der Waals surface area contributed by atoms with Crippen molar-refractivity contribution in [3.63, 3.8) is 0 Å².